The van der Waals surface area contributed by atoms with Gasteiger partial charge in [-0.15, -0.1) is 0 Å². The molecular formula is C20H24Cl2N2. The Labute approximate surface area is 154 Å². The maximum absolute atomic E-state index is 5.95. The van der Waals surface area contributed by atoms with Gasteiger partial charge < -0.3 is 10.6 Å². The highest BCUT2D eigenvalue weighted by Crippen LogP contribution is 2.20. The van der Waals surface area contributed by atoms with E-state index >= 15 is 0 Å². The lowest BCUT2D eigenvalue weighted by Gasteiger charge is -2.33. The van der Waals surface area contributed by atoms with Crippen molar-refractivity contribution in [1.29, 1.82) is 0 Å². The first-order valence-corrected chi connectivity index (χ1v) is 9.42. The van der Waals surface area contributed by atoms with E-state index in [-0.39, 0.29) is 0 Å². The van der Waals surface area contributed by atoms with Gasteiger partial charge in [-0.05, 0) is 48.2 Å². The smallest absolute Gasteiger partial charge is 0.0406 e. The number of benzene rings is 2. The van der Waals surface area contributed by atoms with E-state index in [4.69, 9.17) is 23.2 Å². The maximum atomic E-state index is 5.95. The molecule has 128 valence electrons. The molecule has 0 bridgehead atoms. The van der Waals surface area contributed by atoms with Crippen molar-refractivity contribution >= 4 is 23.2 Å². The molecular weight excluding hydrogens is 339 g/mol. The fraction of sp³-hybridized carbons (Fsp3) is 0.400. The van der Waals surface area contributed by atoms with Crippen molar-refractivity contribution in [2.45, 2.75) is 50.9 Å². The second-order valence-electron chi connectivity index (χ2n) is 6.51. The third-order valence-electron chi connectivity index (χ3n) is 4.73. The van der Waals surface area contributed by atoms with Gasteiger partial charge in [0.05, 0.1) is 0 Å². The zero-order valence-electron chi connectivity index (χ0n) is 13.8. The molecule has 1 fully saturated rings. The van der Waals surface area contributed by atoms with Crippen molar-refractivity contribution in [1.82, 2.24) is 10.6 Å². The minimum Gasteiger partial charge on any atom is -0.308 e. The van der Waals surface area contributed by atoms with Gasteiger partial charge in [0, 0.05) is 35.2 Å². The fourth-order valence-electron chi connectivity index (χ4n) is 3.32. The van der Waals surface area contributed by atoms with Crippen LogP contribution in [0.3, 0.4) is 0 Å². The first-order chi connectivity index (χ1) is 11.7. The molecule has 0 unspecified atom stereocenters. The van der Waals surface area contributed by atoms with Crippen LogP contribution >= 0.6 is 23.2 Å². The van der Waals surface area contributed by atoms with Crippen LogP contribution in [0, 0.1) is 0 Å². The molecule has 1 saturated carbocycles. The second-order valence-corrected chi connectivity index (χ2v) is 7.39. The average Bonchev–Trinajstić information content (AvgIpc) is 2.61. The molecule has 0 saturated heterocycles. The van der Waals surface area contributed by atoms with Gasteiger partial charge in [0.15, 0.2) is 0 Å². The Kier molecular flexibility index (Phi) is 6.56. The highest BCUT2D eigenvalue weighted by atomic mass is 35.5. The van der Waals surface area contributed by atoms with Crippen LogP contribution in [-0.4, -0.2) is 12.1 Å². The summed E-state index contributed by atoms with van der Waals surface area (Å²) >= 11 is 11.9. The Bertz CT molecular complexity index is 568. The highest BCUT2D eigenvalue weighted by Gasteiger charge is 2.24. The van der Waals surface area contributed by atoms with Crippen LogP contribution in [0.25, 0.3) is 0 Å². The first kappa shape index (κ1) is 17.8. The summed E-state index contributed by atoms with van der Waals surface area (Å²) in [6.45, 7) is 1.78. The number of nitrogens with one attached hydrogen (secondary N) is 2. The third-order valence-corrected chi connectivity index (χ3v) is 5.23. The Hall–Kier alpha value is -1.06. The number of hydrogen-bond donors (Lipinski definition) is 2. The molecule has 0 aromatic heterocycles. The monoisotopic (exact) mass is 362 g/mol. The van der Waals surface area contributed by atoms with Gasteiger partial charge >= 0.3 is 0 Å². The van der Waals surface area contributed by atoms with Gasteiger partial charge in [-0.1, -0.05) is 60.3 Å². The number of halogens is 2. The van der Waals surface area contributed by atoms with E-state index in [1.54, 1.807) is 0 Å². The molecule has 1 aliphatic carbocycles. The molecule has 0 aliphatic heterocycles. The zero-order valence-corrected chi connectivity index (χ0v) is 15.3. The quantitative estimate of drug-likeness (QED) is 0.739. The van der Waals surface area contributed by atoms with E-state index in [0.29, 0.717) is 12.1 Å². The molecule has 2 aromatic rings. The van der Waals surface area contributed by atoms with Crippen LogP contribution < -0.4 is 10.6 Å². The summed E-state index contributed by atoms with van der Waals surface area (Å²) in [5.41, 5.74) is 2.56. The lowest BCUT2D eigenvalue weighted by Crippen LogP contribution is -2.49. The minimum absolute atomic E-state index is 0.515. The summed E-state index contributed by atoms with van der Waals surface area (Å²) in [6.07, 6.45) is 5.06. The summed E-state index contributed by atoms with van der Waals surface area (Å²) in [6, 6.07) is 17.2. The van der Waals surface area contributed by atoms with Crippen LogP contribution in [-0.2, 0) is 13.1 Å². The fourth-order valence-corrected chi connectivity index (χ4v) is 3.57. The molecule has 24 heavy (non-hydrogen) atoms. The SMILES string of the molecule is Clc1ccc(CN[C@H]2CCCC[C@@H]2NCc2ccc(Cl)cc2)cc1. The van der Waals surface area contributed by atoms with Crippen LogP contribution in [0.4, 0.5) is 0 Å². The number of rotatable bonds is 6. The Morgan fingerprint density at radius 2 is 1.04 bits per heavy atom. The average molecular weight is 363 g/mol. The van der Waals surface area contributed by atoms with E-state index < -0.39 is 0 Å². The van der Waals surface area contributed by atoms with E-state index in [1.807, 2.05) is 24.3 Å². The van der Waals surface area contributed by atoms with E-state index in [0.717, 1.165) is 23.1 Å². The molecule has 3 rings (SSSR count). The van der Waals surface area contributed by atoms with E-state index in [9.17, 15) is 0 Å². The van der Waals surface area contributed by atoms with Crippen LogP contribution in [0.2, 0.25) is 10.0 Å². The van der Waals surface area contributed by atoms with Gasteiger partial charge in [-0.2, -0.15) is 0 Å². The highest BCUT2D eigenvalue weighted by molar-refractivity contribution is 6.30. The third kappa shape index (κ3) is 5.22. The molecule has 2 aromatic carbocycles. The predicted octanol–water partition coefficient (Wildman–Crippen LogP) is 5.18. The van der Waals surface area contributed by atoms with Crippen LogP contribution in [0.5, 0.6) is 0 Å². The summed E-state index contributed by atoms with van der Waals surface area (Å²) in [5.74, 6) is 0. The van der Waals surface area contributed by atoms with Crippen molar-refractivity contribution < 1.29 is 0 Å². The predicted molar refractivity (Wildman–Crippen MR) is 103 cm³/mol. The molecule has 0 radical (unpaired) electrons. The van der Waals surface area contributed by atoms with E-state index in [1.165, 1.54) is 36.8 Å². The molecule has 0 spiro atoms. The summed E-state index contributed by atoms with van der Waals surface area (Å²) in [4.78, 5) is 0. The van der Waals surface area contributed by atoms with Crippen LogP contribution in [0.15, 0.2) is 48.5 Å². The zero-order chi connectivity index (χ0) is 16.8. The van der Waals surface area contributed by atoms with Crippen molar-refractivity contribution in [3.05, 3.63) is 69.7 Å². The maximum Gasteiger partial charge on any atom is 0.0406 e. The molecule has 2 atom stereocenters. The normalized spacial score (nSPS) is 20.9. The summed E-state index contributed by atoms with van der Waals surface area (Å²) in [7, 11) is 0. The molecule has 4 heteroatoms. The second kappa shape index (κ2) is 8.87. The largest absolute Gasteiger partial charge is 0.308 e. The molecule has 2 N–H and O–H groups in total. The lowest BCUT2D eigenvalue weighted by molar-refractivity contribution is 0.281. The van der Waals surface area contributed by atoms with E-state index in [2.05, 4.69) is 34.9 Å². The summed E-state index contributed by atoms with van der Waals surface area (Å²) in [5, 5.41) is 9.03. The lowest BCUT2D eigenvalue weighted by atomic mass is 9.90. The Balaban J connectivity index is 1.52. The van der Waals surface area contributed by atoms with Gasteiger partial charge in [-0.25, -0.2) is 0 Å². The first-order valence-electron chi connectivity index (χ1n) is 8.66. The standard InChI is InChI=1S/C20H24Cl2N2/c21-17-9-5-15(6-10-17)13-23-19-3-1-2-4-20(19)24-14-16-7-11-18(22)12-8-16/h5-12,19-20,23-24H,1-4,13-14H2/t19-,20-/m0/s1. The molecule has 1 aliphatic rings. The van der Waals surface area contributed by atoms with Crippen LogP contribution in [0.1, 0.15) is 36.8 Å². The van der Waals surface area contributed by atoms with Crippen molar-refractivity contribution in [2.75, 3.05) is 0 Å². The van der Waals surface area contributed by atoms with Crippen molar-refractivity contribution in [3.8, 4) is 0 Å². The molecule has 0 amide bonds. The van der Waals surface area contributed by atoms with Crippen molar-refractivity contribution in [3.63, 3.8) is 0 Å². The molecule has 2 nitrogen and oxygen atoms in total. The minimum atomic E-state index is 0.515. The topological polar surface area (TPSA) is 24.1 Å². The van der Waals surface area contributed by atoms with Gasteiger partial charge in [0.2, 0.25) is 0 Å². The Morgan fingerprint density at radius 1 is 0.667 bits per heavy atom. The Morgan fingerprint density at radius 3 is 1.42 bits per heavy atom. The van der Waals surface area contributed by atoms with Gasteiger partial charge in [-0.3, -0.25) is 0 Å². The van der Waals surface area contributed by atoms with Gasteiger partial charge in [0.25, 0.3) is 0 Å². The summed E-state index contributed by atoms with van der Waals surface area (Å²) < 4.78 is 0. The van der Waals surface area contributed by atoms with Crippen molar-refractivity contribution in [2.24, 2.45) is 0 Å². The molecule has 0 heterocycles. The van der Waals surface area contributed by atoms with Gasteiger partial charge in [0.1, 0.15) is 0 Å². The number of hydrogen-bond acceptors (Lipinski definition) is 2.